The van der Waals surface area contributed by atoms with Gasteiger partial charge in [0.25, 0.3) is 0 Å². The molecule has 0 spiro atoms. The molecule has 1 atom stereocenters. The lowest BCUT2D eigenvalue weighted by Gasteiger charge is -2.31. The predicted octanol–water partition coefficient (Wildman–Crippen LogP) is 3.42. The van der Waals surface area contributed by atoms with Crippen LogP contribution < -0.4 is 9.47 Å². The summed E-state index contributed by atoms with van der Waals surface area (Å²) >= 11 is 0. The lowest BCUT2D eigenvalue weighted by Crippen LogP contribution is -2.53. The van der Waals surface area contributed by atoms with Gasteiger partial charge in [-0.3, -0.25) is 0 Å². The van der Waals surface area contributed by atoms with Crippen LogP contribution in [0.4, 0.5) is 26.3 Å². The number of benzene rings is 1. The summed E-state index contributed by atoms with van der Waals surface area (Å²) in [7, 11) is 0. The Hall–Kier alpha value is -2.17. The number of alkyl halides is 6. The molecular weight excluding hydrogens is 374 g/mol. The summed E-state index contributed by atoms with van der Waals surface area (Å²) in [6, 6.07) is 0.867. The Morgan fingerprint density at radius 2 is 1.65 bits per heavy atom. The van der Waals surface area contributed by atoms with Gasteiger partial charge in [-0.25, -0.2) is 4.79 Å². The van der Waals surface area contributed by atoms with Crippen molar-refractivity contribution in [2.75, 3.05) is 13.2 Å². The Balaban J connectivity index is 3.54. The Bertz CT molecular complexity index is 657. The summed E-state index contributed by atoms with van der Waals surface area (Å²) in [5.41, 5.74) is -1.65. The number of hydrogen-bond acceptors (Lipinski definition) is 4. The minimum atomic E-state index is -6.26. The number of ether oxygens (including phenoxy) is 2. The van der Waals surface area contributed by atoms with Crippen LogP contribution in [0.2, 0.25) is 0 Å². The summed E-state index contributed by atoms with van der Waals surface area (Å²) in [6.07, 6.45) is -6.33. The first kappa shape index (κ1) is 21.9. The van der Waals surface area contributed by atoms with Crippen molar-refractivity contribution in [1.29, 1.82) is 0 Å². The van der Waals surface area contributed by atoms with Gasteiger partial charge in [0.15, 0.2) is 18.1 Å². The molecule has 0 fully saturated rings. The summed E-state index contributed by atoms with van der Waals surface area (Å²) in [5.74, 6) is -13.3. The number of aliphatic hydroxyl groups is 1. The highest BCUT2D eigenvalue weighted by atomic mass is 19.4. The highest BCUT2D eigenvalue weighted by molar-refractivity contribution is 5.69. The maximum atomic E-state index is 14.1. The molecule has 2 N–H and O–H groups in total. The van der Waals surface area contributed by atoms with Crippen LogP contribution in [0.15, 0.2) is 12.1 Å². The molecule has 0 aliphatic heterocycles. The van der Waals surface area contributed by atoms with Crippen molar-refractivity contribution < 1.29 is 50.8 Å². The SMILES string of the molecule is CCOc1cc(C(F)(F)C(O)(F)C(F)(F)F)cc(CC)c1OCC(=O)O. The molecule has 0 saturated heterocycles. The van der Waals surface area contributed by atoms with E-state index >= 15 is 0 Å². The molecule has 1 unspecified atom stereocenters. The highest BCUT2D eigenvalue weighted by Gasteiger charge is 2.71. The fraction of sp³-hybridized carbons (Fsp3) is 0.533. The zero-order chi connectivity index (χ0) is 20.3. The molecule has 26 heavy (non-hydrogen) atoms. The standard InChI is InChI=1S/C15H16F6O5/c1-3-8-5-9(13(16,17)14(18,24)15(19,20)21)6-10(25-4-2)12(8)26-7-11(22)23/h5-6,24H,3-4,7H2,1-2H3,(H,22,23). The van der Waals surface area contributed by atoms with Gasteiger partial charge in [0.05, 0.1) is 6.61 Å². The summed E-state index contributed by atoms with van der Waals surface area (Å²) in [4.78, 5) is 10.6. The molecule has 148 valence electrons. The van der Waals surface area contributed by atoms with Gasteiger partial charge in [-0.15, -0.1) is 0 Å². The van der Waals surface area contributed by atoms with Gasteiger partial charge in [0.2, 0.25) is 0 Å². The number of rotatable bonds is 8. The zero-order valence-corrected chi connectivity index (χ0v) is 13.7. The summed E-state index contributed by atoms with van der Waals surface area (Å²) in [6.45, 7) is 1.86. The number of hydrogen-bond donors (Lipinski definition) is 2. The second-order valence-corrected chi connectivity index (χ2v) is 5.13. The second kappa shape index (κ2) is 7.60. The molecule has 5 nitrogen and oxygen atoms in total. The van der Waals surface area contributed by atoms with Crippen molar-refractivity contribution in [2.24, 2.45) is 0 Å². The van der Waals surface area contributed by atoms with E-state index in [9.17, 15) is 31.1 Å². The van der Waals surface area contributed by atoms with Gasteiger partial charge in [-0.05, 0) is 31.0 Å². The third-order valence-electron chi connectivity index (χ3n) is 3.31. The molecule has 0 heterocycles. The van der Waals surface area contributed by atoms with Gasteiger partial charge in [-0.1, -0.05) is 6.92 Å². The van der Waals surface area contributed by atoms with Gasteiger partial charge >= 0.3 is 23.9 Å². The van der Waals surface area contributed by atoms with Crippen LogP contribution in [-0.2, 0) is 17.1 Å². The van der Waals surface area contributed by atoms with Gasteiger partial charge in [-0.2, -0.15) is 26.3 Å². The number of carbonyl (C=O) groups is 1. The van der Waals surface area contributed by atoms with Gasteiger partial charge in [0, 0.05) is 5.56 Å². The monoisotopic (exact) mass is 390 g/mol. The second-order valence-electron chi connectivity index (χ2n) is 5.13. The minimum Gasteiger partial charge on any atom is -0.490 e. The van der Waals surface area contributed by atoms with E-state index in [0.29, 0.717) is 12.1 Å². The van der Waals surface area contributed by atoms with Crippen LogP contribution in [0.1, 0.15) is 25.0 Å². The van der Waals surface area contributed by atoms with Crippen molar-refractivity contribution in [3.8, 4) is 11.5 Å². The molecule has 11 heteroatoms. The van der Waals surface area contributed by atoms with E-state index in [0.717, 1.165) is 0 Å². The topological polar surface area (TPSA) is 76.0 Å². The first-order chi connectivity index (χ1) is 11.8. The zero-order valence-electron chi connectivity index (χ0n) is 13.7. The van der Waals surface area contributed by atoms with Crippen LogP contribution in [0.3, 0.4) is 0 Å². The average Bonchev–Trinajstić information content (AvgIpc) is 2.51. The van der Waals surface area contributed by atoms with Crippen molar-refractivity contribution in [3.63, 3.8) is 0 Å². The first-order valence-corrected chi connectivity index (χ1v) is 7.30. The van der Waals surface area contributed by atoms with Crippen molar-refractivity contribution >= 4 is 5.97 Å². The van der Waals surface area contributed by atoms with E-state index in [1.165, 1.54) is 13.8 Å². The van der Waals surface area contributed by atoms with E-state index in [1.54, 1.807) is 0 Å². The number of aryl methyl sites for hydroxylation is 1. The van der Waals surface area contributed by atoms with Gasteiger partial charge in [0.1, 0.15) is 0 Å². The highest BCUT2D eigenvalue weighted by Crippen LogP contribution is 2.50. The number of carboxylic acid groups (broad SMARTS) is 1. The normalized spacial score (nSPS) is 14.7. The fourth-order valence-corrected chi connectivity index (χ4v) is 2.03. The van der Waals surface area contributed by atoms with Crippen LogP contribution in [0.25, 0.3) is 0 Å². The van der Waals surface area contributed by atoms with Crippen molar-refractivity contribution in [3.05, 3.63) is 23.3 Å². The fourth-order valence-electron chi connectivity index (χ4n) is 2.03. The van der Waals surface area contributed by atoms with E-state index < -0.39 is 41.8 Å². The van der Waals surface area contributed by atoms with Crippen LogP contribution in [0.5, 0.6) is 11.5 Å². The summed E-state index contributed by atoms with van der Waals surface area (Å²) in [5, 5.41) is 17.4. The molecule has 0 aliphatic rings. The van der Waals surface area contributed by atoms with Crippen molar-refractivity contribution in [2.45, 2.75) is 38.2 Å². The smallest absolute Gasteiger partial charge is 0.455 e. The van der Waals surface area contributed by atoms with E-state index in [-0.39, 0.29) is 24.3 Å². The van der Waals surface area contributed by atoms with E-state index in [2.05, 4.69) is 0 Å². The Labute approximate surface area is 144 Å². The minimum absolute atomic E-state index is 0.0737. The third-order valence-corrected chi connectivity index (χ3v) is 3.31. The lowest BCUT2D eigenvalue weighted by molar-refractivity contribution is -0.390. The Morgan fingerprint density at radius 1 is 1.08 bits per heavy atom. The predicted molar refractivity (Wildman–Crippen MR) is 76.1 cm³/mol. The van der Waals surface area contributed by atoms with Crippen LogP contribution >= 0.6 is 0 Å². The molecule has 1 aromatic carbocycles. The quantitative estimate of drug-likeness (QED) is 0.666. The molecule has 0 bridgehead atoms. The number of aliphatic carboxylic acids is 1. The van der Waals surface area contributed by atoms with Crippen LogP contribution in [-0.4, -0.2) is 41.4 Å². The Morgan fingerprint density at radius 3 is 2.08 bits per heavy atom. The maximum Gasteiger partial charge on any atom is 0.455 e. The lowest BCUT2D eigenvalue weighted by atomic mass is 9.96. The Kier molecular flexibility index (Phi) is 6.40. The summed E-state index contributed by atoms with van der Waals surface area (Å²) < 4.78 is 89.1. The molecular formula is C15H16F6O5. The van der Waals surface area contributed by atoms with Crippen LogP contribution in [0, 0.1) is 0 Å². The molecule has 0 saturated carbocycles. The average molecular weight is 390 g/mol. The largest absolute Gasteiger partial charge is 0.490 e. The van der Waals surface area contributed by atoms with E-state index in [4.69, 9.17) is 19.7 Å². The number of carboxylic acids is 1. The molecule has 1 aromatic rings. The molecule has 0 aromatic heterocycles. The molecule has 1 rings (SSSR count). The molecule has 0 aliphatic carbocycles. The molecule has 0 amide bonds. The van der Waals surface area contributed by atoms with Crippen molar-refractivity contribution in [1.82, 2.24) is 0 Å². The van der Waals surface area contributed by atoms with Gasteiger partial charge < -0.3 is 19.7 Å². The van der Waals surface area contributed by atoms with E-state index in [1.807, 2.05) is 0 Å². The molecule has 0 radical (unpaired) electrons. The third kappa shape index (κ3) is 4.14. The maximum absolute atomic E-state index is 14.1. The first-order valence-electron chi connectivity index (χ1n) is 7.30. The number of halogens is 6.